The summed E-state index contributed by atoms with van der Waals surface area (Å²) in [5.41, 5.74) is 0. The molecule has 21 heavy (non-hydrogen) atoms. The molecule has 2 aliphatic rings. The van der Waals surface area contributed by atoms with Gasteiger partial charge in [-0.05, 0) is 12.8 Å². The largest absolute Gasteiger partial charge is 0.378 e. The first-order valence-corrected chi connectivity index (χ1v) is 7.27. The van der Waals surface area contributed by atoms with Crippen LogP contribution in [0.25, 0.3) is 0 Å². The van der Waals surface area contributed by atoms with E-state index in [1.54, 1.807) is 24.0 Å². The Balaban J connectivity index is 2.07. The van der Waals surface area contributed by atoms with E-state index in [9.17, 15) is 14.4 Å². The standard InChI is InChI=1S/C14H23N3O4/c1-9(18)16(2)11-5-4-10(13(11)21-3)14(20)17-7-6-15-12(19)8-17/h10-11,13H,4-8H2,1-3H3,(H,15,19)/t10-,11-,13+/m1/s1. The molecule has 0 bridgehead atoms. The third-order valence-electron chi connectivity index (χ3n) is 4.48. The first-order chi connectivity index (χ1) is 9.95. The van der Waals surface area contributed by atoms with E-state index >= 15 is 0 Å². The summed E-state index contributed by atoms with van der Waals surface area (Å²) in [6.07, 6.45) is 1.11. The first kappa shape index (κ1) is 15.8. The summed E-state index contributed by atoms with van der Waals surface area (Å²) in [7, 11) is 3.31. The van der Waals surface area contributed by atoms with Gasteiger partial charge in [0.1, 0.15) is 0 Å². The topological polar surface area (TPSA) is 79.0 Å². The molecule has 0 unspecified atom stereocenters. The number of rotatable bonds is 3. The van der Waals surface area contributed by atoms with Gasteiger partial charge >= 0.3 is 0 Å². The summed E-state index contributed by atoms with van der Waals surface area (Å²) >= 11 is 0. The first-order valence-electron chi connectivity index (χ1n) is 7.27. The number of nitrogens with one attached hydrogen (secondary N) is 1. The van der Waals surface area contributed by atoms with Gasteiger partial charge in [-0.2, -0.15) is 0 Å². The summed E-state index contributed by atoms with van der Waals surface area (Å²) in [6.45, 7) is 2.65. The molecule has 0 aromatic carbocycles. The van der Waals surface area contributed by atoms with Crippen LogP contribution in [-0.4, -0.2) is 73.5 Å². The Labute approximate surface area is 124 Å². The van der Waals surface area contributed by atoms with Crippen LogP contribution in [0.1, 0.15) is 19.8 Å². The molecule has 1 aliphatic heterocycles. The van der Waals surface area contributed by atoms with Crippen LogP contribution in [0.4, 0.5) is 0 Å². The Kier molecular flexibility index (Phi) is 4.82. The zero-order chi connectivity index (χ0) is 15.6. The number of hydrogen-bond acceptors (Lipinski definition) is 4. The van der Waals surface area contributed by atoms with E-state index in [-0.39, 0.29) is 42.3 Å². The molecule has 7 nitrogen and oxygen atoms in total. The normalized spacial score (nSPS) is 29.2. The molecule has 1 N–H and O–H groups in total. The quantitative estimate of drug-likeness (QED) is 0.741. The van der Waals surface area contributed by atoms with Crippen molar-refractivity contribution in [2.75, 3.05) is 33.8 Å². The smallest absolute Gasteiger partial charge is 0.239 e. The average molecular weight is 297 g/mol. The lowest BCUT2D eigenvalue weighted by molar-refractivity contribution is -0.146. The monoisotopic (exact) mass is 297 g/mol. The van der Waals surface area contributed by atoms with Gasteiger partial charge < -0.3 is 19.9 Å². The predicted molar refractivity (Wildman–Crippen MR) is 75.3 cm³/mol. The molecule has 1 saturated carbocycles. The molecule has 118 valence electrons. The zero-order valence-electron chi connectivity index (χ0n) is 12.8. The van der Waals surface area contributed by atoms with E-state index < -0.39 is 0 Å². The number of nitrogens with zero attached hydrogens (tertiary/aromatic N) is 2. The number of ether oxygens (including phenoxy) is 1. The van der Waals surface area contributed by atoms with Crippen molar-refractivity contribution in [3.05, 3.63) is 0 Å². The van der Waals surface area contributed by atoms with Crippen molar-refractivity contribution < 1.29 is 19.1 Å². The minimum Gasteiger partial charge on any atom is -0.378 e. The summed E-state index contributed by atoms with van der Waals surface area (Å²) in [5, 5.41) is 2.71. The molecule has 1 heterocycles. The minimum absolute atomic E-state index is 0.0347. The van der Waals surface area contributed by atoms with E-state index in [0.717, 1.165) is 6.42 Å². The molecule has 0 aromatic rings. The molecule has 2 fully saturated rings. The zero-order valence-corrected chi connectivity index (χ0v) is 12.8. The van der Waals surface area contributed by atoms with Gasteiger partial charge in [0.15, 0.2) is 0 Å². The summed E-state index contributed by atoms with van der Waals surface area (Å²) in [4.78, 5) is 38.8. The summed E-state index contributed by atoms with van der Waals surface area (Å²) in [5.74, 6) is -0.490. The second-order valence-electron chi connectivity index (χ2n) is 5.69. The Bertz CT molecular complexity index is 440. The van der Waals surface area contributed by atoms with Crippen molar-refractivity contribution in [3.63, 3.8) is 0 Å². The number of carbonyl (C=O) groups is 3. The number of carbonyl (C=O) groups excluding carboxylic acids is 3. The van der Waals surface area contributed by atoms with Crippen LogP contribution < -0.4 is 5.32 Å². The van der Waals surface area contributed by atoms with Gasteiger partial charge in [0.05, 0.1) is 24.6 Å². The molecule has 3 atom stereocenters. The summed E-state index contributed by atoms with van der Waals surface area (Å²) < 4.78 is 5.50. The Morgan fingerprint density at radius 2 is 2.10 bits per heavy atom. The second-order valence-corrected chi connectivity index (χ2v) is 5.69. The fourth-order valence-electron chi connectivity index (χ4n) is 3.24. The summed E-state index contributed by atoms with van der Waals surface area (Å²) in [6, 6.07) is -0.0833. The third kappa shape index (κ3) is 3.18. The molecule has 2 rings (SSSR count). The number of piperazine rings is 1. The lowest BCUT2D eigenvalue weighted by Gasteiger charge is -2.33. The van der Waals surface area contributed by atoms with Crippen molar-refractivity contribution in [1.29, 1.82) is 0 Å². The van der Waals surface area contributed by atoms with Gasteiger partial charge in [0, 0.05) is 34.2 Å². The highest BCUT2D eigenvalue weighted by Gasteiger charge is 2.44. The molecular weight excluding hydrogens is 274 g/mol. The Morgan fingerprint density at radius 1 is 1.38 bits per heavy atom. The van der Waals surface area contributed by atoms with Gasteiger partial charge in [-0.25, -0.2) is 0 Å². The van der Waals surface area contributed by atoms with Crippen LogP contribution in [0.2, 0.25) is 0 Å². The Hall–Kier alpha value is -1.63. The van der Waals surface area contributed by atoms with E-state index in [1.165, 1.54) is 6.92 Å². The fraction of sp³-hybridized carbons (Fsp3) is 0.786. The predicted octanol–water partition coefficient (Wildman–Crippen LogP) is -0.783. The van der Waals surface area contributed by atoms with Crippen molar-refractivity contribution >= 4 is 17.7 Å². The fourth-order valence-corrected chi connectivity index (χ4v) is 3.24. The molecule has 7 heteroatoms. The lowest BCUT2D eigenvalue weighted by Crippen LogP contribution is -2.53. The highest BCUT2D eigenvalue weighted by Crippen LogP contribution is 2.33. The number of hydrogen-bond donors (Lipinski definition) is 1. The van der Waals surface area contributed by atoms with Crippen LogP contribution in [0.5, 0.6) is 0 Å². The lowest BCUT2D eigenvalue weighted by atomic mass is 10.0. The van der Waals surface area contributed by atoms with Gasteiger partial charge in [-0.3, -0.25) is 14.4 Å². The van der Waals surface area contributed by atoms with Crippen molar-refractivity contribution in [1.82, 2.24) is 15.1 Å². The molecule has 3 amide bonds. The van der Waals surface area contributed by atoms with E-state index in [4.69, 9.17) is 4.74 Å². The maximum atomic E-state index is 12.6. The number of amides is 3. The van der Waals surface area contributed by atoms with Crippen LogP contribution in [0.3, 0.4) is 0 Å². The highest BCUT2D eigenvalue weighted by atomic mass is 16.5. The van der Waals surface area contributed by atoms with Gasteiger partial charge in [0.25, 0.3) is 0 Å². The van der Waals surface area contributed by atoms with Crippen LogP contribution in [-0.2, 0) is 19.1 Å². The average Bonchev–Trinajstić information content (AvgIpc) is 2.89. The van der Waals surface area contributed by atoms with Gasteiger partial charge in [0.2, 0.25) is 17.7 Å². The molecular formula is C14H23N3O4. The van der Waals surface area contributed by atoms with Crippen LogP contribution in [0.15, 0.2) is 0 Å². The molecule has 0 radical (unpaired) electrons. The third-order valence-corrected chi connectivity index (χ3v) is 4.48. The van der Waals surface area contributed by atoms with Crippen molar-refractivity contribution in [3.8, 4) is 0 Å². The highest BCUT2D eigenvalue weighted by molar-refractivity contribution is 5.87. The van der Waals surface area contributed by atoms with E-state index in [2.05, 4.69) is 5.32 Å². The van der Waals surface area contributed by atoms with Crippen molar-refractivity contribution in [2.24, 2.45) is 5.92 Å². The van der Waals surface area contributed by atoms with Gasteiger partial charge in [-0.1, -0.05) is 0 Å². The molecule has 1 aliphatic carbocycles. The van der Waals surface area contributed by atoms with Crippen molar-refractivity contribution in [2.45, 2.75) is 31.9 Å². The van der Waals surface area contributed by atoms with E-state index in [1.807, 2.05) is 0 Å². The van der Waals surface area contributed by atoms with Crippen LogP contribution >= 0.6 is 0 Å². The number of likely N-dealkylation sites (N-methyl/N-ethyl adjacent to an activating group) is 1. The maximum Gasteiger partial charge on any atom is 0.239 e. The Morgan fingerprint density at radius 3 is 2.67 bits per heavy atom. The maximum absolute atomic E-state index is 12.6. The SMILES string of the molecule is CO[C@@H]1[C@H](N(C)C(C)=O)CC[C@H]1C(=O)N1CCNC(=O)C1. The van der Waals surface area contributed by atoms with E-state index in [0.29, 0.717) is 19.5 Å². The molecule has 0 spiro atoms. The molecule has 0 aromatic heterocycles. The van der Waals surface area contributed by atoms with Crippen LogP contribution in [0, 0.1) is 5.92 Å². The number of methoxy groups -OCH3 is 1. The minimum atomic E-state index is -0.309. The molecule has 1 saturated heterocycles. The second kappa shape index (κ2) is 6.43. The van der Waals surface area contributed by atoms with Gasteiger partial charge in [-0.15, -0.1) is 0 Å².